The highest BCUT2D eigenvalue weighted by atomic mass is 32.1. The molecule has 0 aromatic carbocycles. The first-order valence-corrected chi connectivity index (χ1v) is 7.48. The van der Waals surface area contributed by atoms with Gasteiger partial charge in [-0.05, 0) is 49.4 Å². The van der Waals surface area contributed by atoms with Crippen molar-refractivity contribution in [2.24, 2.45) is 0 Å². The van der Waals surface area contributed by atoms with Gasteiger partial charge in [-0.2, -0.15) is 0 Å². The quantitative estimate of drug-likeness (QED) is 0.922. The minimum absolute atomic E-state index is 0.111. The molecule has 2 aromatic rings. The molecular weight excluding hydrogens is 259 g/mol. The van der Waals surface area contributed by atoms with Crippen molar-refractivity contribution >= 4 is 11.3 Å². The Morgan fingerprint density at radius 2 is 2.26 bits per heavy atom. The van der Waals surface area contributed by atoms with Crippen LogP contribution in [0.1, 0.15) is 40.3 Å². The van der Waals surface area contributed by atoms with E-state index in [-0.39, 0.29) is 11.9 Å². The first kappa shape index (κ1) is 12.8. The third kappa shape index (κ3) is 2.85. The van der Waals surface area contributed by atoms with Crippen LogP contribution >= 0.6 is 11.3 Å². The molecule has 19 heavy (non-hydrogen) atoms. The van der Waals surface area contributed by atoms with Crippen LogP contribution in [-0.4, -0.2) is 4.98 Å². The summed E-state index contributed by atoms with van der Waals surface area (Å²) in [7, 11) is 0. The summed E-state index contributed by atoms with van der Waals surface area (Å²) in [5.74, 6) is -0.277. The zero-order valence-corrected chi connectivity index (χ0v) is 11.8. The third-order valence-corrected chi connectivity index (χ3v) is 4.84. The van der Waals surface area contributed by atoms with Crippen molar-refractivity contribution < 1.29 is 4.39 Å². The van der Waals surface area contributed by atoms with E-state index >= 15 is 0 Å². The van der Waals surface area contributed by atoms with E-state index in [0.717, 1.165) is 12.1 Å². The molecule has 0 spiro atoms. The van der Waals surface area contributed by atoms with Crippen molar-refractivity contribution in [1.29, 1.82) is 0 Å². The molecule has 1 aliphatic carbocycles. The number of thiophene rings is 1. The number of hydrogen-bond donors (Lipinski definition) is 1. The van der Waals surface area contributed by atoms with Gasteiger partial charge < -0.3 is 5.32 Å². The number of nitrogens with zero attached hydrogens (tertiary/aromatic N) is 1. The molecule has 0 bridgehead atoms. The molecule has 0 aliphatic heterocycles. The first-order chi connectivity index (χ1) is 9.22. The fraction of sp³-hybridized carbons (Fsp3) is 0.400. The summed E-state index contributed by atoms with van der Waals surface area (Å²) in [6.45, 7) is 2.88. The second-order valence-electron chi connectivity index (χ2n) is 5.05. The summed E-state index contributed by atoms with van der Waals surface area (Å²) in [6, 6.07) is 3.97. The molecule has 2 heterocycles. The monoisotopic (exact) mass is 276 g/mol. The van der Waals surface area contributed by atoms with Crippen molar-refractivity contribution in [2.45, 2.75) is 38.8 Å². The second-order valence-corrected chi connectivity index (χ2v) is 6.28. The molecule has 2 nitrogen and oxygen atoms in total. The normalized spacial score (nSPS) is 15.5. The van der Waals surface area contributed by atoms with E-state index in [0.29, 0.717) is 0 Å². The lowest BCUT2D eigenvalue weighted by atomic mass is 10.1. The minimum atomic E-state index is -0.277. The summed E-state index contributed by atoms with van der Waals surface area (Å²) in [6.07, 6.45) is 6.73. The fourth-order valence-corrected chi connectivity index (χ4v) is 3.73. The number of pyridine rings is 1. The maximum Gasteiger partial charge on any atom is 0.141 e. The molecule has 1 N–H and O–H groups in total. The van der Waals surface area contributed by atoms with Crippen LogP contribution in [0.2, 0.25) is 0 Å². The number of rotatable bonds is 4. The van der Waals surface area contributed by atoms with E-state index in [2.05, 4.69) is 16.4 Å². The Balaban J connectivity index is 1.62. The Bertz CT molecular complexity index is 558. The molecular formula is C15H17FN2S. The molecule has 1 atom stereocenters. The SMILES string of the molecule is CC(NCc1cc2c(s1)CCC2)c1cncc(F)c1. The lowest BCUT2D eigenvalue weighted by Crippen LogP contribution is -2.17. The Morgan fingerprint density at radius 1 is 1.37 bits per heavy atom. The number of halogens is 1. The first-order valence-electron chi connectivity index (χ1n) is 6.66. The van der Waals surface area contributed by atoms with Crippen LogP contribution in [-0.2, 0) is 19.4 Å². The summed E-state index contributed by atoms with van der Waals surface area (Å²) in [5, 5.41) is 3.43. The number of aryl methyl sites for hydroxylation is 2. The van der Waals surface area contributed by atoms with Gasteiger partial charge in [0.25, 0.3) is 0 Å². The van der Waals surface area contributed by atoms with Gasteiger partial charge in [-0.15, -0.1) is 11.3 Å². The van der Waals surface area contributed by atoms with Crippen molar-refractivity contribution in [1.82, 2.24) is 10.3 Å². The molecule has 0 saturated heterocycles. The Hall–Kier alpha value is -1.26. The van der Waals surface area contributed by atoms with E-state index in [1.54, 1.807) is 17.1 Å². The van der Waals surface area contributed by atoms with Crippen LogP contribution in [0.3, 0.4) is 0 Å². The number of hydrogen-bond acceptors (Lipinski definition) is 3. The summed E-state index contributed by atoms with van der Waals surface area (Å²) in [4.78, 5) is 6.82. The Kier molecular flexibility index (Phi) is 3.62. The van der Waals surface area contributed by atoms with E-state index in [1.807, 2.05) is 18.3 Å². The summed E-state index contributed by atoms with van der Waals surface area (Å²) >= 11 is 1.91. The Labute approximate surface area is 116 Å². The van der Waals surface area contributed by atoms with Crippen molar-refractivity contribution in [2.75, 3.05) is 0 Å². The van der Waals surface area contributed by atoms with Crippen LogP contribution in [0.15, 0.2) is 24.5 Å². The van der Waals surface area contributed by atoms with E-state index in [4.69, 9.17) is 0 Å². The van der Waals surface area contributed by atoms with Crippen molar-refractivity contribution in [3.63, 3.8) is 0 Å². The van der Waals surface area contributed by atoms with Gasteiger partial charge in [-0.25, -0.2) is 4.39 Å². The highest BCUT2D eigenvalue weighted by molar-refractivity contribution is 7.12. The molecule has 2 aromatic heterocycles. The van der Waals surface area contributed by atoms with Gasteiger partial charge >= 0.3 is 0 Å². The zero-order valence-electron chi connectivity index (χ0n) is 10.9. The third-order valence-electron chi connectivity index (χ3n) is 3.61. The van der Waals surface area contributed by atoms with Gasteiger partial charge in [0, 0.05) is 28.5 Å². The van der Waals surface area contributed by atoms with Crippen LogP contribution < -0.4 is 5.32 Å². The maximum atomic E-state index is 13.1. The number of fused-ring (bicyclic) bond motifs is 1. The number of nitrogens with one attached hydrogen (secondary N) is 1. The average Bonchev–Trinajstić information content (AvgIpc) is 2.96. The van der Waals surface area contributed by atoms with Gasteiger partial charge in [0.2, 0.25) is 0 Å². The molecule has 0 radical (unpaired) electrons. The highest BCUT2D eigenvalue weighted by Crippen LogP contribution is 2.30. The lowest BCUT2D eigenvalue weighted by Gasteiger charge is -2.13. The van der Waals surface area contributed by atoms with Gasteiger partial charge in [0.05, 0.1) is 6.20 Å². The predicted molar refractivity (Wildman–Crippen MR) is 75.8 cm³/mol. The number of aromatic nitrogens is 1. The fourth-order valence-electron chi connectivity index (χ4n) is 2.51. The van der Waals surface area contributed by atoms with E-state index in [9.17, 15) is 4.39 Å². The molecule has 1 unspecified atom stereocenters. The molecule has 1 aliphatic rings. The van der Waals surface area contributed by atoms with Gasteiger partial charge in [0.1, 0.15) is 5.82 Å². The highest BCUT2D eigenvalue weighted by Gasteiger charge is 2.15. The molecule has 0 amide bonds. The van der Waals surface area contributed by atoms with Crippen molar-refractivity contribution in [3.05, 3.63) is 51.2 Å². The van der Waals surface area contributed by atoms with Crippen LogP contribution in [0.25, 0.3) is 0 Å². The van der Waals surface area contributed by atoms with Gasteiger partial charge in [-0.1, -0.05) is 0 Å². The predicted octanol–water partition coefficient (Wildman–Crippen LogP) is 3.62. The van der Waals surface area contributed by atoms with E-state index < -0.39 is 0 Å². The standard InChI is InChI=1S/C15H17FN2S/c1-10(12-5-13(16)8-17-7-12)18-9-14-6-11-3-2-4-15(11)19-14/h5-8,10,18H,2-4,9H2,1H3. The van der Waals surface area contributed by atoms with Gasteiger partial charge in [-0.3, -0.25) is 4.98 Å². The van der Waals surface area contributed by atoms with Gasteiger partial charge in [0.15, 0.2) is 0 Å². The molecule has 0 saturated carbocycles. The molecule has 0 fully saturated rings. The minimum Gasteiger partial charge on any atom is -0.305 e. The van der Waals surface area contributed by atoms with E-state index in [1.165, 1.54) is 35.9 Å². The van der Waals surface area contributed by atoms with Crippen molar-refractivity contribution in [3.8, 4) is 0 Å². The second kappa shape index (κ2) is 5.39. The summed E-state index contributed by atoms with van der Waals surface area (Å²) in [5.41, 5.74) is 2.42. The van der Waals surface area contributed by atoms with Crippen LogP contribution in [0.4, 0.5) is 4.39 Å². The average molecular weight is 276 g/mol. The molecule has 100 valence electrons. The smallest absolute Gasteiger partial charge is 0.141 e. The lowest BCUT2D eigenvalue weighted by molar-refractivity contribution is 0.564. The summed E-state index contributed by atoms with van der Waals surface area (Å²) < 4.78 is 13.1. The zero-order chi connectivity index (χ0) is 13.2. The molecule has 3 rings (SSSR count). The largest absolute Gasteiger partial charge is 0.305 e. The Morgan fingerprint density at radius 3 is 3.05 bits per heavy atom. The van der Waals surface area contributed by atoms with Crippen LogP contribution in [0, 0.1) is 5.82 Å². The van der Waals surface area contributed by atoms with Crippen LogP contribution in [0.5, 0.6) is 0 Å². The topological polar surface area (TPSA) is 24.9 Å². The maximum absolute atomic E-state index is 13.1. The molecule has 4 heteroatoms.